The second-order valence-corrected chi connectivity index (χ2v) is 5.58. The van der Waals surface area contributed by atoms with Crippen molar-refractivity contribution in [2.75, 3.05) is 13.7 Å². The Bertz CT molecular complexity index is 793. The highest BCUT2D eigenvalue weighted by Gasteiger charge is 2.11. The molecule has 0 unspecified atom stereocenters. The van der Waals surface area contributed by atoms with Crippen LogP contribution < -0.4 is 14.9 Å². The topological polar surface area (TPSA) is 103 Å². The maximum Gasteiger partial charge on any atom is 0.284 e. The van der Waals surface area contributed by atoms with Crippen LogP contribution in [0.1, 0.15) is 5.56 Å². The van der Waals surface area contributed by atoms with Crippen molar-refractivity contribution in [2.24, 2.45) is 5.10 Å². The van der Waals surface area contributed by atoms with Gasteiger partial charge >= 0.3 is 0 Å². The smallest absolute Gasteiger partial charge is 0.284 e. The van der Waals surface area contributed by atoms with Crippen LogP contribution in [0.3, 0.4) is 0 Å². The molecule has 0 saturated heterocycles. The Balaban J connectivity index is 1.85. The summed E-state index contributed by atoms with van der Waals surface area (Å²) in [6.45, 7) is -0.218. The number of nitro groups is 1. The molecule has 1 N–H and O–H groups in total. The summed E-state index contributed by atoms with van der Waals surface area (Å²) in [5.41, 5.74) is 2.68. The normalized spacial score (nSPS) is 10.5. The minimum atomic E-state index is -0.511. The number of methoxy groups -OCH3 is 1. The van der Waals surface area contributed by atoms with Gasteiger partial charge in [0, 0.05) is 11.6 Å². The molecule has 0 aromatic heterocycles. The third kappa shape index (κ3) is 5.57. The number of rotatable bonds is 7. The van der Waals surface area contributed by atoms with Crippen LogP contribution in [0.25, 0.3) is 0 Å². The van der Waals surface area contributed by atoms with Gasteiger partial charge in [0.05, 0.1) is 22.7 Å². The zero-order chi connectivity index (χ0) is 18.2. The van der Waals surface area contributed by atoms with Gasteiger partial charge in [-0.05, 0) is 46.3 Å². The summed E-state index contributed by atoms with van der Waals surface area (Å²) in [4.78, 5) is 22.0. The number of nitro benzene ring substituents is 1. The highest BCUT2D eigenvalue weighted by Crippen LogP contribution is 2.24. The van der Waals surface area contributed by atoms with Crippen molar-refractivity contribution in [1.29, 1.82) is 0 Å². The number of halogens is 1. The Morgan fingerprint density at radius 2 is 1.96 bits per heavy atom. The molecule has 2 rings (SSSR count). The maximum atomic E-state index is 11.7. The van der Waals surface area contributed by atoms with Crippen molar-refractivity contribution in [3.05, 3.63) is 62.6 Å². The SMILES string of the molecule is COc1ccc(OCC(=O)N/N=C\c2ccc(Br)c([N+](=O)[O-])c2)cc1. The highest BCUT2D eigenvalue weighted by atomic mass is 79.9. The van der Waals surface area contributed by atoms with Gasteiger partial charge in [0.15, 0.2) is 6.61 Å². The van der Waals surface area contributed by atoms with E-state index < -0.39 is 10.8 Å². The Morgan fingerprint density at radius 1 is 1.28 bits per heavy atom. The van der Waals surface area contributed by atoms with Crippen LogP contribution in [0.4, 0.5) is 5.69 Å². The molecule has 0 atom stereocenters. The Hall–Kier alpha value is -2.94. The van der Waals surface area contributed by atoms with Crippen LogP contribution in [-0.2, 0) is 4.79 Å². The van der Waals surface area contributed by atoms with E-state index in [1.54, 1.807) is 37.4 Å². The van der Waals surface area contributed by atoms with Gasteiger partial charge in [-0.25, -0.2) is 5.43 Å². The lowest BCUT2D eigenvalue weighted by Gasteiger charge is -2.05. The van der Waals surface area contributed by atoms with Crippen LogP contribution in [0.2, 0.25) is 0 Å². The second kappa shape index (κ2) is 8.78. The van der Waals surface area contributed by atoms with E-state index in [-0.39, 0.29) is 12.3 Å². The number of nitrogens with zero attached hydrogens (tertiary/aromatic N) is 2. The van der Waals surface area contributed by atoms with Crippen LogP contribution in [0, 0.1) is 10.1 Å². The summed E-state index contributed by atoms with van der Waals surface area (Å²) in [7, 11) is 1.56. The Labute approximate surface area is 151 Å². The predicted molar refractivity (Wildman–Crippen MR) is 95.0 cm³/mol. The van der Waals surface area contributed by atoms with Gasteiger partial charge in [-0.1, -0.05) is 6.07 Å². The van der Waals surface area contributed by atoms with Gasteiger partial charge in [-0.3, -0.25) is 14.9 Å². The summed E-state index contributed by atoms with van der Waals surface area (Å²) in [5, 5.41) is 14.6. The molecule has 0 bridgehead atoms. The average Bonchev–Trinajstić information content (AvgIpc) is 2.61. The van der Waals surface area contributed by atoms with E-state index in [1.807, 2.05) is 0 Å². The number of carbonyl (C=O) groups excluding carboxylic acids is 1. The fourth-order valence-corrected chi connectivity index (χ4v) is 2.17. The summed E-state index contributed by atoms with van der Waals surface area (Å²) >= 11 is 3.09. The lowest BCUT2D eigenvalue weighted by molar-refractivity contribution is -0.385. The highest BCUT2D eigenvalue weighted by molar-refractivity contribution is 9.10. The van der Waals surface area contributed by atoms with E-state index in [4.69, 9.17) is 9.47 Å². The molecular formula is C16H14BrN3O5. The monoisotopic (exact) mass is 407 g/mol. The number of ether oxygens (including phenoxy) is 2. The fraction of sp³-hybridized carbons (Fsp3) is 0.125. The van der Waals surface area contributed by atoms with Gasteiger partial charge in [-0.15, -0.1) is 0 Å². The third-order valence-corrected chi connectivity index (χ3v) is 3.67. The van der Waals surface area contributed by atoms with Crippen molar-refractivity contribution >= 4 is 33.7 Å². The molecular weight excluding hydrogens is 394 g/mol. The molecule has 0 aliphatic rings. The molecule has 0 aliphatic heterocycles. The first kappa shape index (κ1) is 18.4. The third-order valence-electron chi connectivity index (χ3n) is 3.00. The second-order valence-electron chi connectivity index (χ2n) is 4.73. The molecule has 130 valence electrons. The first-order valence-corrected chi connectivity index (χ1v) is 7.81. The van der Waals surface area contributed by atoms with E-state index in [9.17, 15) is 14.9 Å². The standard InChI is InChI=1S/C16H14BrN3O5/c1-24-12-3-5-13(6-4-12)25-10-16(21)19-18-9-11-2-7-14(17)15(8-11)20(22)23/h2-9H,10H2,1H3,(H,19,21)/b18-9-. The molecule has 2 aromatic rings. The summed E-state index contributed by atoms with van der Waals surface area (Å²) < 4.78 is 10.7. The van der Waals surface area contributed by atoms with Gasteiger partial charge < -0.3 is 9.47 Å². The van der Waals surface area contributed by atoms with Crippen LogP contribution >= 0.6 is 15.9 Å². The van der Waals surface area contributed by atoms with E-state index in [0.29, 0.717) is 21.5 Å². The van der Waals surface area contributed by atoms with Crippen molar-refractivity contribution < 1.29 is 19.2 Å². The van der Waals surface area contributed by atoms with Gasteiger partial charge in [0.2, 0.25) is 0 Å². The molecule has 0 spiro atoms. The molecule has 0 aliphatic carbocycles. The van der Waals surface area contributed by atoms with E-state index >= 15 is 0 Å². The fourth-order valence-electron chi connectivity index (χ4n) is 1.78. The number of nitrogens with one attached hydrogen (secondary N) is 1. The molecule has 25 heavy (non-hydrogen) atoms. The molecule has 1 amide bonds. The van der Waals surface area contributed by atoms with Crippen molar-refractivity contribution in [3.63, 3.8) is 0 Å². The zero-order valence-corrected chi connectivity index (χ0v) is 14.7. The number of hydrogen-bond acceptors (Lipinski definition) is 6. The quantitative estimate of drug-likeness (QED) is 0.431. The van der Waals surface area contributed by atoms with E-state index in [2.05, 4.69) is 26.5 Å². The minimum absolute atomic E-state index is 0.0851. The molecule has 8 nitrogen and oxygen atoms in total. The van der Waals surface area contributed by atoms with Crippen LogP contribution in [0.5, 0.6) is 11.5 Å². The number of hydrogen-bond donors (Lipinski definition) is 1. The maximum absolute atomic E-state index is 11.7. The molecule has 0 saturated carbocycles. The van der Waals surface area contributed by atoms with Crippen molar-refractivity contribution in [1.82, 2.24) is 5.43 Å². The van der Waals surface area contributed by atoms with E-state index in [0.717, 1.165) is 0 Å². The Morgan fingerprint density at radius 3 is 2.60 bits per heavy atom. The minimum Gasteiger partial charge on any atom is -0.497 e. The van der Waals surface area contributed by atoms with Crippen LogP contribution in [0.15, 0.2) is 52.0 Å². The zero-order valence-electron chi connectivity index (χ0n) is 13.1. The van der Waals surface area contributed by atoms with Crippen LogP contribution in [-0.4, -0.2) is 30.8 Å². The lowest BCUT2D eigenvalue weighted by atomic mass is 10.2. The first-order valence-electron chi connectivity index (χ1n) is 7.02. The van der Waals surface area contributed by atoms with Gasteiger partial charge in [0.25, 0.3) is 11.6 Å². The molecule has 9 heteroatoms. The number of amides is 1. The molecule has 0 radical (unpaired) electrons. The number of carbonyl (C=O) groups is 1. The molecule has 0 fully saturated rings. The molecule has 2 aromatic carbocycles. The van der Waals surface area contributed by atoms with Crippen molar-refractivity contribution in [3.8, 4) is 11.5 Å². The number of hydrazone groups is 1. The average molecular weight is 408 g/mol. The summed E-state index contributed by atoms with van der Waals surface area (Å²) in [5.74, 6) is 0.743. The lowest BCUT2D eigenvalue weighted by Crippen LogP contribution is -2.24. The first-order chi connectivity index (χ1) is 12.0. The predicted octanol–water partition coefficient (Wildman–Crippen LogP) is 2.90. The van der Waals surface area contributed by atoms with Gasteiger partial charge in [-0.2, -0.15) is 5.10 Å². The largest absolute Gasteiger partial charge is 0.497 e. The summed E-state index contributed by atoms with van der Waals surface area (Å²) in [6.07, 6.45) is 1.31. The Kier molecular flexibility index (Phi) is 6.47. The van der Waals surface area contributed by atoms with Gasteiger partial charge in [0.1, 0.15) is 11.5 Å². The number of benzene rings is 2. The van der Waals surface area contributed by atoms with E-state index in [1.165, 1.54) is 18.3 Å². The summed E-state index contributed by atoms with van der Waals surface area (Å²) in [6, 6.07) is 11.3. The molecule has 0 heterocycles. The van der Waals surface area contributed by atoms with Crippen molar-refractivity contribution in [2.45, 2.75) is 0 Å².